The second-order valence-corrected chi connectivity index (χ2v) is 5.53. The molecule has 0 radical (unpaired) electrons. The minimum absolute atomic E-state index is 0.422. The van der Waals surface area contributed by atoms with Gasteiger partial charge in [0.05, 0.1) is 5.92 Å². The van der Waals surface area contributed by atoms with Gasteiger partial charge in [-0.1, -0.05) is 36.4 Å². The highest BCUT2D eigenvalue weighted by Gasteiger charge is 2.23. The zero-order valence-corrected chi connectivity index (χ0v) is 13.1. The molecule has 0 spiro atoms. The van der Waals surface area contributed by atoms with Crippen molar-refractivity contribution in [2.75, 3.05) is 5.32 Å². The number of hydrogen-bond acceptors (Lipinski definition) is 3. The Balaban J connectivity index is 1.92. The van der Waals surface area contributed by atoms with Crippen LogP contribution in [0.3, 0.4) is 0 Å². The maximum absolute atomic E-state index is 11.9. The summed E-state index contributed by atoms with van der Waals surface area (Å²) in [5, 5.41) is 13.1. The largest absolute Gasteiger partial charge is 0.481 e. The first-order valence-corrected chi connectivity index (χ1v) is 7.77. The van der Waals surface area contributed by atoms with Gasteiger partial charge in [0, 0.05) is 23.8 Å². The number of pyridine rings is 1. The summed E-state index contributed by atoms with van der Waals surface area (Å²) in [4.78, 5) is 15.8. The van der Waals surface area contributed by atoms with E-state index in [1.54, 1.807) is 12.4 Å². The number of rotatable bonds is 6. The van der Waals surface area contributed by atoms with E-state index >= 15 is 0 Å². The number of hydrogen-bond donors (Lipinski definition) is 2. The summed E-state index contributed by atoms with van der Waals surface area (Å²) in [6.07, 6.45) is 3.79. The number of carboxylic acid groups (broad SMARTS) is 1. The highest BCUT2D eigenvalue weighted by molar-refractivity contribution is 5.80. The molecule has 3 rings (SSSR count). The molecule has 0 saturated carbocycles. The third-order valence-corrected chi connectivity index (χ3v) is 3.88. The SMILES string of the molecule is O=C(O)C(Cc1ccncc1)c1ccccc1Nc1ccccc1. The van der Waals surface area contributed by atoms with Crippen molar-refractivity contribution in [2.24, 2.45) is 0 Å². The van der Waals surface area contributed by atoms with E-state index in [1.807, 2.05) is 66.7 Å². The van der Waals surface area contributed by atoms with E-state index in [1.165, 1.54) is 0 Å². The van der Waals surface area contributed by atoms with Gasteiger partial charge < -0.3 is 10.4 Å². The number of anilines is 2. The van der Waals surface area contributed by atoms with Crippen LogP contribution in [0.25, 0.3) is 0 Å². The molecule has 0 amide bonds. The van der Waals surface area contributed by atoms with Crippen molar-refractivity contribution >= 4 is 17.3 Å². The van der Waals surface area contributed by atoms with E-state index < -0.39 is 11.9 Å². The Labute approximate surface area is 140 Å². The maximum Gasteiger partial charge on any atom is 0.311 e. The molecular formula is C20H18N2O2. The van der Waals surface area contributed by atoms with Crippen molar-refractivity contribution in [3.05, 3.63) is 90.3 Å². The minimum Gasteiger partial charge on any atom is -0.481 e. The third kappa shape index (κ3) is 3.79. The van der Waals surface area contributed by atoms with Crippen LogP contribution in [0.5, 0.6) is 0 Å². The lowest BCUT2D eigenvalue weighted by molar-refractivity contribution is -0.138. The van der Waals surface area contributed by atoms with Crippen LogP contribution >= 0.6 is 0 Å². The Bertz CT molecular complexity index is 804. The highest BCUT2D eigenvalue weighted by Crippen LogP contribution is 2.30. The van der Waals surface area contributed by atoms with Crippen LogP contribution in [0.4, 0.5) is 11.4 Å². The second-order valence-electron chi connectivity index (χ2n) is 5.53. The Morgan fingerprint density at radius 2 is 1.62 bits per heavy atom. The molecule has 0 fully saturated rings. The van der Waals surface area contributed by atoms with Crippen LogP contribution in [0.15, 0.2) is 79.1 Å². The molecule has 1 atom stereocenters. The van der Waals surface area contributed by atoms with E-state index in [9.17, 15) is 9.90 Å². The zero-order chi connectivity index (χ0) is 16.8. The van der Waals surface area contributed by atoms with Crippen LogP contribution in [0.1, 0.15) is 17.0 Å². The molecular weight excluding hydrogens is 300 g/mol. The number of nitrogens with one attached hydrogen (secondary N) is 1. The van der Waals surface area contributed by atoms with E-state index in [0.29, 0.717) is 6.42 Å². The Morgan fingerprint density at radius 1 is 0.958 bits per heavy atom. The molecule has 2 aromatic carbocycles. The first-order valence-electron chi connectivity index (χ1n) is 7.77. The Kier molecular flexibility index (Phi) is 4.87. The summed E-state index contributed by atoms with van der Waals surface area (Å²) >= 11 is 0. The van der Waals surface area contributed by atoms with Crippen molar-refractivity contribution in [2.45, 2.75) is 12.3 Å². The monoisotopic (exact) mass is 318 g/mol. The number of benzene rings is 2. The average Bonchev–Trinajstić information content (AvgIpc) is 2.62. The zero-order valence-electron chi connectivity index (χ0n) is 13.1. The van der Waals surface area contributed by atoms with E-state index in [0.717, 1.165) is 22.5 Å². The number of nitrogens with zero attached hydrogens (tertiary/aromatic N) is 1. The van der Waals surface area contributed by atoms with Gasteiger partial charge in [-0.2, -0.15) is 0 Å². The topological polar surface area (TPSA) is 62.2 Å². The highest BCUT2D eigenvalue weighted by atomic mass is 16.4. The normalized spacial score (nSPS) is 11.7. The first-order chi connectivity index (χ1) is 11.7. The Hall–Kier alpha value is -3.14. The van der Waals surface area contributed by atoms with Crippen LogP contribution in [-0.2, 0) is 11.2 Å². The molecule has 0 aliphatic heterocycles. The smallest absolute Gasteiger partial charge is 0.311 e. The summed E-state index contributed by atoms with van der Waals surface area (Å²) in [6.45, 7) is 0. The molecule has 0 aliphatic carbocycles. The molecule has 4 heteroatoms. The van der Waals surface area contributed by atoms with Crippen LogP contribution in [0.2, 0.25) is 0 Å². The molecule has 2 N–H and O–H groups in total. The van der Waals surface area contributed by atoms with Crippen molar-refractivity contribution in [3.63, 3.8) is 0 Å². The summed E-state index contributed by atoms with van der Waals surface area (Å²) in [5.74, 6) is -1.46. The van der Waals surface area contributed by atoms with Gasteiger partial charge in [0.25, 0.3) is 0 Å². The summed E-state index contributed by atoms with van der Waals surface area (Å²) < 4.78 is 0. The van der Waals surface area contributed by atoms with Crippen molar-refractivity contribution in [1.82, 2.24) is 4.98 Å². The van der Waals surface area contributed by atoms with Crippen molar-refractivity contribution < 1.29 is 9.90 Å². The molecule has 1 unspecified atom stereocenters. The van der Waals surface area contributed by atoms with Crippen molar-refractivity contribution in [3.8, 4) is 0 Å². The van der Waals surface area contributed by atoms with Gasteiger partial charge in [-0.25, -0.2) is 0 Å². The molecule has 120 valence electrons. The maximum atomic E-state index is 11.9. The van der Waals surface area contributed by atoms with E-state index in [4.69, 9.17) is 0 Å². The van der Waals surface area contributed by atoms with Crippen LogP contribution < -0.4 is 5.32 Å². The lowest BCUT2D eigenvalue weighted by Crippen LogP contribution is -2.16. The molecule has 1 aromatic heterocycles. The van der Waals surface area contributed by atoms with Gasteiger partial charge in [0.15, 0.2) is 0 Å². The quantitative estimate of drug-likeness (QED) is 0.714. The molecule has 0 bridgehead atoms. The molecule has 0 saturated heterocycles. The predicted octanol–water partition coefficient (Wildman–Crippen LogP) is 4.24. The fourth-order valence-electron chi connectivity index (χ4n) is 2.68. The van der Waals surface area contributed by atoms with Gasteiger partial charge in [-0.15, -0.1) is 0 Å². The van der Waals surface area contributed by atoms with E-state index in [2.05, 4.69) is 10.3 Å². The van der Waals surface area contributed by atoms with E-state index in [-0.39, 0.29) is 0 Å². The molecule has 1 heterocycles. The standard InChI is InChI=1S/C20H18N2O2/c23-20(24)18(14-15-10-12-21-13-11-15)17-8-4-5-9-19(17)22-16-6-2-1-3-7-16/h1-13,18,22H,14H2,(H,23,24). The fourth-order valence-corrected chi connectivity index (χ4v) is 2.68. The third-order valence-electron chi connectivity index (χ3n) is 3.88. The summed E-state index contributed by atoms with van der Waals surface area (Å²) in [7, 11) is 0. The average molecular weight is 318 g/mol. The molecule has 0 aliphatic rings. The number of para-hydroxylation sites is 2. The number of aliphatic carboxylic acids is 1. The number of carbonyl (C=O) groups is 1. The predicted molar refractivity (Wildman–Crippen MR) is 94.5 cm³/mol. The number of carboxylic acids is 1. The molecule has 4 nitrogen and oxygen atoms in total. The lowest BCUT2D eigenvalue weighted by atomic mass is 9.91. The summed E-state index contributed by atoms with van der Waals surface area (Å²) in [6, 6.07) is 21.0. The summed E-state index contributed by atoms with van der Waals surface area (Å²) in [5.41, 5.74) is 3.46. The van der Waals surface area contributed by atoms with Crippen molar-refractivity contribution in [1.29, 1.82) is 0 Å². The lowest BCUT2D eigenvalue weighted by Gasteiger charge is -2.18. The van der Waals surface area contributed by atoms with Gasteiger partial charge >= 0.3 is 5.97 Å². The number of aromatic nitrogens is 1. The minimum atomic E-state index is -0.839. The van der Waals surface area contributed by atoms with Gasteiger partial charge in [-0.05, 0) is 47.9 Å². The molecule has 24 heavy (non-hydrogen) atoms. The van der Waals surface area contributed by atoms with Crippen LogP contribution in [0, 0.1) is 0 Å². The van der Waals surface area contributed by atoms with Gasteiger partial charge in [0.2, 0.25) is 0 Å². The molecule has 3 aromatic rings. The van der Waals surface area contributed by atoms with Gasteiger partial charge in [-0.3, -0.25) is 9.78 Å². The first kappa shape index (κ1) is 15.7. The Morgan fingerprint density at radius 3 is 2.33 bits per heavy atom. The van der Waals surface area contributed by atoms with Crippen LogP contribution in [-0.4, -0.2) is 16.1 Å². The fraction of sp³-hybridized carbons (Fsp3) is 0.100. The van der Waals surface area contributed by atoms with Gasteiger partial charge in [0.1, 0.15) is 0 Å². The second kappa shape index (κ2) is 7.42.